The molecule has 2 aromatic rings. The van der Waals surface area contributed by atoms with Gasteiger partial charge in [0, 0.05) is 29.6 Å². The van der Waals surface area contributed by atoms with E-state index < -0.39 is 14.8 Å². The van der Waals surface area contributed by atoms with E-state index in [2.05, 4.69) is 39.6 Å². The average molecular weight is 416 g/mol. The molecule has 3 N–H and O–H groups in total. The maximum atomic E-state index is 12.3. The van der Waals surface area contributed by atoms with E-state index in [-0.39, 0.29) is 6.04 Å². The van der Waals surface area contributed by atoms with Gasteiger partial charge in [-0.3, -0.25) is 0 Å². The van der Waals surface area contributed by atoms with Crippen molar-refractivity contribution in [3.05, 3.63) is 54.6 Å². The van der Waals surface area contributed by atoms with Crippen molar-refractivity contribution in [3.8, 4) is 0 Å². The molecular formula is C23H33N3O2S. The third-order valence-corrected chi connectivity index (χ3v) is 7.77. The number of nitrogens with one attached hydrogen (secondary N) is 3. The summed E-state index contributed by atoms with van der Waals surface area (Å²) >= 11 is 0. The summed E-state index contributed by atoms with van der Waals surface area (Å²) in [6.07, 6.45) is 3.89. The molecule has 158 valence electrons. The quantitative estimate of drug-likeness (QED) is 0.587. The minimum atomic E-state index is -3.27. The molecule has 1 aliphatic rings. The lowest BCUT2D eigenvalue weighted by Gasteiger charge is -2.31. The van der Waals surface area contributed by atoms with Crippen LogP contribution in [0, 0.1) is 5.92 Å². The third kappa shape index (κ3) is 6.21. The van der Waals surface area contributed by atoms with Crippen molar-refractivity contribution < 1.29 is 8.42 Å². The van der Waals surface area contributed by atoms with Crippen LogP contribution >= 0.6 is 0 Å². The molecule has 0 heterocycles. The maximum absolute atomic E-state index is 12.3. The predicted molar refractivity (Wildman–Crippen MR) is 122 cm³/mol. The van der Waals surface area contributed by atoms with Crippen LogP contribution in [-0.4, -0.2) is 25.8 Å². The van der Waals surface area contributed by atoms with E-state index in [0.717, 1.165) is 49.3 Å². The van der Waals surface area contributed by atoms with Gasteiger partial charge in [-0.1, -0.05) is 18.2 Å². The van der Waals surface area contributed by atoms with Gasteiger partial charge >= 0.3 is 0 Å². The molecule has 6 heteroatoms. The highest BCUT2D eigenvalue weighted by Crippen LogP contribution is 2.27. The summed E-state index contributed by atoms with van der Waals surface area (Å²) in [5, 5.41) is 6.91. The molecule has 5 nitrogen and oxygen atoms in total. The Morgan fingerprint density at radius 3 is 1.97 bits per heavy atom. The predicted octanol–water partition coefficient (Wildman–Crippen LogP) is 5.12. The molecule has 3 rings (SSSR count). The molecule has 0 amide bonds. The molecule has 0 saturated heterocycles. The Morgan fingerprint density at radius 1 is 0.828 bits per heavy atom. The molecule has 1 fully saturated rings. The second-order valence-corrected chi connectivity index (χ2v) is 11.4. The van der Waals surface area contributed by atoms with Gasteiger partial charge in [0.05, 0.1) is 4.75 Å². The van der Waals surface area contributed by atoms with Gasteiger partial charge in [0.25, 0.3) is 0 Å². The average Bonchev–Trinajstić information content (AvgIpc) is 2.68. The van der Waals surface area contributed by atoms with E-state index in [1.165, 1.54) is 0 Å². The zero-order valence-electron chi connectivity index (χ0n) is 17.6. The van der Waals surface area contributed by atoms with Crippen LogP contribution < -0.4 is 15.4 Å². The summed E-state index contributed by atoms with van der Waals surface area (Å²) < 4.78 is 26.8. The Hall–Kier alpha value is -2.05. The van der Waals surface area contributed by atoms with Gasteiger partial charge < -0.3 is 10.6 Å². The van der Waals surface area contributed by atoms with Crippen LogP contribution in [0.4, 0.5) is 17.1 Å². The molecule has 29 heavy (non-hydrogen) atoms. The van der Waals surface area contributed by atoms with Gasteiger partial charge in [-0.2, -0.15) is 0 Å². The first-order valence-electron chi connectivity index (χ1n) is 10.4. The molecule has 0 bridgehead atoms. The molecular weight excluding hydrogens is 382 g/mol. The SMILES string of the molecule is CC(C)(C)S(=O)(=O)N[C@H]1CC[C@H](CNc2ccc(Nc3ccccc3)cc2)CC1. The lowest BCUT2D eigenvalue weighted by Crippen LogP contribution is -2.46. The normalized spacial score (nSPS) is 20.2. The number of hydrogen-bond donors (Lipinski definition) is 3. The van der Waals surface area contributed by atoms with E-state index in [1.807, 2.05) is 30.3 Å². The highest BCUT2D eigenvalue weighted by atomic mass is 32.2. The fraction of sp³-hybridized carbons (Fsp3) is 0.478. The zero-order valence-corrected chi connectivity index (χ0v) is 18.4. The molecule has 0 aromatic heterocycles. The van der Waals surface area contributed by atoms with E-state index >= 15 is 0 Å². The van der Waals surface area contributed by atoms with Crippen molar-refractivity contribution in [2.24, 2.45) is 5.92 Å². The number of benzene rings is 2. The second-order valence-electron chi connectivity index (χ2n) is 8.90. The number of sulfonamides is 1. The van der Waals surface area contributed by atoms with Crippen molar-refractivity contribution in [1.29, 1.82) is 0 Å². The van der Waals surface area contributed by atoms with Gasteiger partial charge in [-0.05, 0) is 88.8 Å². The van der Waals surface area contributed by atoms with Crippen LogP contribution in [0.15, 0.2) is 54.6 Å². The van der Waals surface area contributed by atoms with Gasteiger partial charge in [0.15, 0.2) is 0 Å². The van der Waals surface area contributed by atoms with E-state index in [1.54, 1.807) is 20.8 Å². The Kier molecular flexibility index (Phi) is 6.85. The highest BCUT2D eigenvalue weighted by Gasteiger charge is 2.32. The zero-order chi connectivity index (χ0) is 20.9. The lowest BCUT2D eigenvalue weighted by molar-refractivity contribution is 0.322. The topological polar surface area (TPSA) is 70.2 Å². The first-order valence-corrected chi connectivity index (χ1v) is 11.9. The molecule has 1 aliphatic carbocycles. The number of anilines is 3. The van der Waals surface area contributed by atoms with Crippen molar-refractivity contribution in [2.75, 3.05) is 17.2 Å². The summed E-state index contributed by atoms with van der Waals surface area (Å²) in [4.78, 5) is 0. The van der Waals surface area contributed by atoms with E-state index in [0.29, 0.717) is 5.92 Å². The smallest absolute Gasteiger partial charge is 0.216 e. The van der Waals surface area contributed by atoms with Crippen molar-refractivity contribution in [1.82, 2.24) is 4.72 Å². The number of rotatable bonds is 7. The third-order valence-electron chi connectivity index (χ3n) is 5.52. The Morgan fingerprint density at radius 2 is 1.38 bits per heavy atom. The van der Waals surface area contributed by atoms with Crippen molar-refractivity contribution in [3.63, 3.8) is 0 Å². The summed E-state index contributed by atoms with van der Waals surface area (Å²) in [7, 11) is -3.27. The Bertz CT molecular complexity index is 867. The second kappa shape index (κ2) is 9.18. The molecule has 2 aromatic carbocycles. The maximum Gasteiger partial charge on any atom is 0.216 e. The number of hydrogen-bond acceptors (Lipinski definition) is 4. The Labute approximate surface area is 175 Å². The molecule has 0 unspecified atom stereocenters. The van der Waals surface area contributed by atoms with Crippen LogP contribution in [0.1, 0.15) is 46.5 Å². The highest BCUT2D eigenvalue weighted by molar-refractivity contribution is 7.90. The van der Waals surface area contributed by atoms with Crippen LogP contribution in [0.5, 0.6) is 0 Å². The first-order chi connectivity index (χ1) is 13.7. The lowest BCUT2D eigenvalue weighted by atomic mass is 9.86. The number of para-hydroxylation sites is 1. The minimum absolute atomic E-state index is 0.0684. The van der Waals surface area contributed by atoms with Gasteiger partial charge in [-0.15, -0.1) is 0 Å². The molecule has 0 radical (unpaired) electrons. The van der Waals surface area contributed by atoms with Crippen molar-refractivity contribution >= 4 is 27.1 Å². The monoisotopic (exact) mass is 415 g/mol. The molecule has 0 atom stereocenters. The standard InChI is InChI=1S/C23H33N3O2S/c1-23(2,3)29(27,28)26-22-11-9-18(10-12-22)17-24-19-13-15-21(16-14-19)25-20-7-5-4-6-8-20/h4-8,13-16,18,22,24-26H,9-12,17H2,1-3H3/t18-,22-. The summed E-state index contributed by atoms with van der Waals surface area (Å²) in [6.45, 7) is 6.15. The van der Waals surface area contributed by atoms with Crippen LogP contribution in [0.3, 0.4) is 0 Å². The molecule has 0 spiro atoms. The summed E-state index contributed by atoms with van der Waals surface area (Å²) in [5.41, 5.74) is 3.25. The molecule has 0 aliphatic heterocycles. The van der Waals surface area contributed by atoms with Crippen LogP contribution in [0.25, 0.3) is 0 Å². The first kappa shape index (κ1) is 21.7. The van der Waals surface area contributed by atoms with Gasteiger partial charge in [-0.25, -0.2) is 13.1 Å². The minimum Gasteiger partial charge on any atom is -0.385 e. The fourth-order valence-corrected chi connectivity index (χ4v) is 4.53. The Balaban J connectivity index is 1.42. The van der Waals surface area contributed by atoms with Crippen molar-refractivity contribution in [2.45, 2.75) is 57.2 Å². The van der Waals surface area contributed by atoms with Crippen LogP contribution in [-0.2, 0) is 10.0 Å². The fourth-order valence-electron chi connectivity index (χ4n) is 3.50. The van der Waals surface area contributed by atoms with Gasteiger partial charge in [0.2, 0.25) is 10.0 Å². The largest absolute Gasteiger partial charge is 0.385 e. The van der Waals surface area contributed by atoms with Crippen LogP contribution in [0.2, 0.25) is 0 Å². The summed E-state index contributed by atoms with van der Waals surface area (Å²) in [6, 6.07) is 18.5. The van der Waals surface area contributed by atoms with E-state index in [4.69, 9.17) is 0 Å². The van der Waals surface area contributed by atoms with Gasteiger partial charge in [0.1, 0.15) is 0 Å². The summed E-state index contributed by atoms with van der Waals surface area (Å²) in [5.74, 6) is 0.576. The molecule has 1 saturated carbocycles. The van der Waals surface area contributed by atoms with E-state index in [9.17, 15) is 8.42 Å².